The van der Waals surface area contributed by atoms with Gasteiger partial charge in [-0.2, -0.15) is 0 Å². The number of nitrogens with one attached hydrogen (secondary N) is 1. The number of hydrogen-bond donors (Lipinski definition) is 1. The van der Waals surface area contributed by atoms with E-state index >= 15 is 0 Å². The average Bonchev–Trinajstić information content (AvgIpc) is 3.09. The molecule has 0 fully saturated rings. The molecule has 24 heavy (non-hydrogen) atoms. The van der Waals surface area contributed by atoms with Crippen LogP contribution in [0.5, 0.6) is 11.5 Å². The van der Waals surface area contributed by atoms with E-state index in [0.29, 0.717) is 11.3 Å². The molecule has 0 aliphatic carbocycles. The fourth-order valence-corrected chi connectivity index (χ4v) is 2.13. The van der Waals surface area contributed by atoms with E-state index in [1.54, 1.807) is 25.4 Å². The molecule has 1 heterocycles. The number of anilines is 1. The summed E-state index contributed by atoms with van der Waals surface area (Å²) in [5, 5.41) is 6.41. The van der Waals surface area contributed by atoms with Crippen molar-refractivity contribution in [2.75, 3.05) is 19.0 Å². The van der Waals surface area contributed by atoms with Gasteiger partial charge in [-0.15, -0.1) is 0 Å². The Hall–Kier alpha value is -3.28. The van der Waals surface area contributed by atoms with E-state index in [1.807, 2.05) is 42.5 Å². The first-order valence-corrected chi connectivity index (χ1v) is 7.33. The Bertz CT molecular complexity index is 797. The second kappa shape index (κ2) is 7.32. The number of para-hydroxylation sites is 1. The lowest BCUT2D eigenvalue weighted by Gasteiger charge is -2.07. The summed E-state index contributed by atoms with van der Waals surface area (Å²) in [5.41, 5.74) is 1.54. The molecule has 6 heteroatoms. The molecule has 2 aromatic carbocycles. The lowest BCUT2D eigenvalue weighted by atomic mass is 10.1. The molecule has 0 spiro atoms. The van der Waals surface area contributed by atoms with E-state index in [4.69, 9.17) is 14.0 Å². The maximum absolute atomic E-state index is 12.0. The number of hydrogen-bond acceptors (Lipinski definition) is 5. The molecule has 0 saturated carbocycles. The molecule has 0 radical (unpaired) electrons. The third-order valence-electron chi connectivity index (χ3n) is 3.34. The van der Waals surface area contributed by atoms with Crippen LogP contribution >= 0.6 is 0 Å². The van der Waals surface area contributed by atoms with Gasteiger partial charge in [0, 0.05) is 0 Å². The van der Waals surface area contributed by atoms with Crippen molar-refractivity contribution in [2.24, 2.45) is 0 Å². The smallest absolute Gasteiger partial charge is 0.264 e. The maximum atomic E-state index is 12.0. The highest BCUT2D eigenvalue weighted by Gasteiger charge is 2.14. The van der Waals surface area contributed by atoms with Gasteiger partial charge in [-0.25, -0.2) is 0 Å². The molecule has 6 nitrogen and oxygen atoms in total. The molecule has 1 N–H and O–H groups in total. The minimum atomic E-state index is -0.328. The number of ether oxygens (including phenoxy) is 2. The Morgan fingerprint density at radius 1 is 1.08 bits per heavy atom. The Labute approximate surface area is 139 Å². The van der Waals surface area contributed by atoms with Gasteiger partial charge in [0.25, 0.3) is 5.91 Å². The zero-order chi connectivity index (χ0) is 16.8. The summed E-state index contributed by atoms with van der Waals surface area (Å²) in [6.07, 6.45) is 1.55. The number of nitrogens with zero attached hydrogens (tertiary/aromatic N) is 1. The van der Waals surface area contributed by atoms with Crippen molar-refractivity contribution in [3.8, 4) is 22.6 Å². The van der Waals surface area contributed by atoms with Crippen LogP contribution < -0.4 is 14.8 Å². The van der Waals surface area contributed by atoms with E-state index in [-0.39, 0.29) is 18.4 Å². The summed E-state index contributed by atoms with van der Waals surface area (Å²) in [6, 6.07) is 16.5. The summed E-state index contributed by atoms with van der Waals surface area (Å²) >= 11 is 0. The quantitative estimate of drug-likeness (QED) is 0.752. The van der Waals surface area contributed by atoms with Gasteiger partial charge in [-0.05, 0) is 29.8 Å². The summed E-state index contributed by atoms with van der Waals surface area (Å²) in [6.45, 7) is -0.118. The Morgan fingerprint density at radius 3 is 2.54 bits per heavy atom. The van der Waals surface area contributed by atoms with Crippen LogP contribution in [0.2, 0.25) is 0 Å². The topological polar surface area (TPSA) is 73.6 Å². The van der Waals surface area contributed by atoms with E-state index in [2.05, 4.69) is 10.5 Å². The number of carbonyl (C=O) groups excluding carboxylic acids is 1. The lowest BCUT2D eigenvalue weighted by Crippen LogP contribution is -2.20. The van der Waals surface area contributed by atoms with Crippen molar-refractivity contribution in [1.29, 1.82) is 0 Å². The molecule has 122 valence electrons. The second-order valence-electron chi connectivity index (χ2n) is 4.95. The number of aromatic nitrogens is 1. The number of carbonyl (C=O) groups is 1. The molecule has 1 aromatic heterocycles. The summed E-state index contributed by atoms with van der Waals surface area (Å²) in [5.74, 6) is 1.32. The molecule has 3 rings (SSSR count). The van der Waals surface area contributed by atoms with Gasteiger partial charge in [0.15, 0.2) is 6.61 Å². The molecule has 3 aromatic rings. The minimum Gasteiger partial charge on any atom is -0.497 e. The molecule has 0 unspecified atom stereocenters. The molecule has 0 bridgehead atoms. The van der Waals surface area contributed by atoms with E-state index in [9.17, 15) is 4.79 Å². The number of benzene rings is 2. The first kappa shape index (κ1) is 15.6. The zero-order valence-electron chi connectivity index (χ0n) is 13.1. The predicted molar refractivity (Wildman–Crippen MR) is 89.1 cm³/mol. The van der Waals surface area contributed by atoms with Crippen molar-refractivity contribution in [3.05, 3.63) is 60.8 Å². The van der Waals surface area contributed by atoms with Crippen LogP contribution in [-0.2, 0) is 4.79 Å². The first-order chi connectivity index (χ1) is 11.8. The van der Waals surface area contributed by atoms with Crippen LogP contribution in [0.25, 0.3) is 11.1 Å². The summed E-state index contributed by atoms with van der Waals surface area (Å²) in [4.78, 5) is 12.0. The third kappa shape index (κ3) is 3.73. The van der Waals surface area contributed by atoms with Crippen LogP contribution in [0.3, 0.4) is 0 Å². The fourth-order valence-electron chi connectivity index (χ4n) is 2.13. The van der Waals surface area contributed by atoms with Gasteiger partial charge >= 0.3 is 0 Å². The SMILES string of the molecule is COc1ccc(-c2cnoc2NC(=O)COc2ccccc2)cc1. The first-order valence-electron chi connectivity index (χ1n) is 7.33. The highest BCUT2D eigenvalue weighted by Crippen LogP contribution is 2.29. The summed E-state index contributed by atoms with van der Waals surface area (Å²) < 4.78 is 15.7. The Kier molecular flexibility index (Phi) is 4.76. The average molecular weight is 324 g/mol. The van der Waals surface area contributed by atoms with Crippen LogP contribution in [0, 0.1) is 0 Å². The molecule has 0 saturated heterocycles. The second-order valence-corrected chi connectivity index (χ2v) is 4.95. The zero-order valence-corrected chi connectivity index (χ0v) is 13.1. The van der Waals surface area contributed by atoms with Crippen molar-refractivity contribution >= 4 is 11.8 Å². The number of rotatable bonds is 6. The molecule has 0 atom stereocenters. The van der Waals surface area contributed by atoms with Crippen LogP contribution in [-0.4, -0.2) is 24.8 Å². The maximum Gasteiger partial charge on any atom is 0.264 e. The predicted octanol–water partition coefficient (Wildman–Crippen LogP) is 3.37. The lowest BCUT2D eigenvalue weighted by molar-refractivity contribution is -0.118. The number of amides is 1. The van der Waals surface area contributed by atoms with Crippen molar-refractivity contribution in [1.82, 2.24) is 5.16 Å². The number of methoxy groups -OCH3 is 1. The monoisotopic (exact) mass is 324 g/mol. The van der Waals surface area contributed by atoms with Crippen LogP contribution in [0.4, 0.5) is 5.88 Å². The van der Waals surface area contributed by atoms with E-state index in [0.717, 1.165) is 11.3 Å². The van der Waals surface area contributed by atoms with Crippen molar-refractivity contribution in [3.63, 3.8) is 0 Å². The van der Waals surface area contributed by atoms with Crippen LogP contribution in [0.15, 0.2) is 65.3 Å². The van der Waals surface area contributed by atoms with Gasteiger partial charge in [0.1, 0.15) is 11.5 Å². The van der Waals surface area contributed by atoms with Crippen LogP contribution in [0.1, 0.15) is 0 Å². The Morgan fingerprint density at radius 2 is 1.83 bits per heavy atom. The molecular formula is C18H16N2O4. The highest BCUT2D eigenvalue weighted by atomic mass is 16.5. The standard InChI is InChI=1S/C18H16N2O4/c1-22-14-9-7-13(8-10-14)16-11-19-24-18(16)20-17(21)12-23-15-5-3-2-4-6-15/h2-11H,12H2,1H3,(H,20,21). The van der Waals surface area contributed by atoms with Crippen molar-refractivity contribution < 1.29 is 18.8 Å². The normalized spacial score (nSPS) is 10.2. The van der Waals surface area contributed by atoms with E-state index < -0.39 is 0 Å². The molecular weight excluding hydrogens is 308 g/mol. The van der Waals surface area contributed by atoms with E-state index in [1.165, 1.54) is 0 Å². The molecule has 0 aliphatic rings. The third-order valence-corrected chi connectivity index (χ3v) is 3.34. The highest BCUT2D eigenvalue weighted by molar-refractivity contribution is 5.94. The summed E-state index contributed by atoms with van der Waals surface area (Å²) in [7, 11) is 1.60. The van der Waals surface area contributed by atoms with Gasteiger partial charge in [-0.1, -0.05) is 35.5 Å². The molecule has 1 amide bonds. The van der Waals surface area contributed by atoms with Gasteiger partial charge in [-0.3, -0.25) is 10.1 Å². The van der Waals surface area contributed by atoms with Crippen molar-refractivity contribution in [2.45, 2.75) is 0 Å². The largest absolute Gasteiger partial charge is 0.497 e. The van der Waals surface area contributed by atoms with Gasteiger partial charge < -0.3 is 14.0 Å². The van der Waals surface area contributed by atoms with Gasteiger partial charge in [0.05, 0.1) is 18.9 Å². The fraction of sp³-hybridized carbons (Fsp3) is 0.111. The minimum absolute atomic E-state index is 0.118. The molecule has 0 aliphatic heterocycles. The Balaban J connectivity index is 1.65. The van der Waals surface area contributed by atoms with Gasteiger partial charge in [0.2, 0.25) is 5.88 Å².